The summed E-state index contributed by atoms with van der Waals surface area (Å²) < 4.78 is 19.9. The van der Waals surface area contributed by atoms with Gasteiger partial charge >= 0.3 is 0 Å². The highest BCUT2D eigenvalue weighted by Crippen LogP contribution is 2.43. The molecule has 1 saturated heterocycles. The summed E-state index contributed by atoms with van der Waals surface area (Å²) >= 11 is 0. The van der Waals surface area contributed by atoms with Gasteiger partial charge in [0.2, 0.25) is 12.5 Å². The van der Waals surface area contributed by atoms with Gasteiger partial charge in [-0.3, -0.25) is 0 Å². The second-order valence-corrected chi connectivity index (χ2v) is 11.0. The number of ether oxygens (including phenoxy) is 3. The number of nitrogens with one attached hydrogen (secondary N) is 1. The first-order valence-electron chi connectivity index (χ1n) is 14.7. The minimum absolute atomic E-state index is 0.311. The average Bonchev–Trinajstić information content (AvgIpc) is 3.41. The maximum Gasteiger partial charge on any atom is 0.231 e. The fourth-order valence-electron chi connectivity index (χ4n) is 6.52. The van der Waals surface area contributed by atoms with Crippen molar-refractivity contribution in [1.29, 1.82) is 0 Å². The summed E-state index contributed by atoms with van der Waals surface area (Å²) in [6.45, 7) is 8.15. The van der Waals surface area contributed by atoms with Gasteiger partial charge in [-0.1, -0.05) is 26.2 Å². The van der Waals surface area contributed by atoms with Gasteiger partial charge in [0.05, 0.1) is 23.7 Å². The van der Waals surface area contributed by atoms with Gasteiger partial charge < -0.3 is 24.4 Å². The standard InChI is InChI=1S/C32H41N3O3/c1-3-4-6-14-33-31-27-21-35-18-13-23-19-29-30(38-22-37-29)20-26(23)32(35)25(24(27)11-12-28(31)36-2)10-9-17-34-15-7-5-8-16-34/h11-12,19-21H,3-10,13-18,22H2,1-2H3/p+1. The molecule has 6 nitrogen and oxygen atoms in total. The van der Waals surface area contributed by atoms with E-state index in [1.54, 1.807) is 7.11 Å². The number of hydrogen-bond acceptors (Lipinski definition) is 5. The van der Waals surface area contributed by atoms with Crippen molar-refractivity contribution in [2.75, 3.05) is 45.4 Å². The van der Waals surface area contributed by atoms with Gasteiger partial charge in [0.25, 0.3) is 0 Å². The number of likely N-dealkylation sites (tertiary alicyclic amines) is 1. The van der Waals surface area contributed by atoms with E-state index in [0.29, 0.717) is 6.79 Å². The summed E-state index contributed by atoms with van der Waals surface area (Å²) in [6, 6.07) is 8.86. The molecule has 0 radical (unpaired) electrons. The smallest absolute Gasteiger partial charge is 0.231 e. The van der Waals surface area contributed by atoms with E-state index in [9.17, 15) is 0 Å². The van der Waals surface area contributed by atoms with E-state index in [1.807, 2.05) is 0 Å². The molecule has 0 unspecified atom stereocenters. The van der Waals surface area contributed by atoms with E-state index in [0.717, 1.165) is 61.7 Å². The number of methoxy groups -OCH3 is 1. The van der Waals surface area contributed by atoms with Crippen molar-refractivity contribution in [3.05, 3.63) is 41.6 Å². The monoisotopic (exact) mass is 516 g/mol. The van der Waals surface area contributed by atoms with Crippen LogP contribution in [-0.4, -0.2) is 45.0 Å². The first-order chi connectivity index (χ1) is 18.8. The van der Waals surface area contributed by atoms with Crippen LogP contribution in [0.15, 0.2) is 30.5 Å². The van der Waals surface area contributed by atoms with Gasteiger partial charge in [-0.15, -0.1) is 0 Å². The fraction of sp³-hybridized carbons (Fsp3) is 0.531. The molecule has 6 heteroatoms. The molecule has 3 aliphatic rings. The van der Waals surface area contributed by atoms with Crippen LogP contribution in [0.1, 0.15) is 63.0 Å². The summed E-state index contributed by atoms with van der Waals surface area (Å²) in [5.41, 5.74) is 6.57. The van der Waals surface area contributed by atoms with Crippen LogP contribution in [0.4, 0.5) is 5.69 Å². The van der Waals surface area contributed by atoms with Crippen molar-refractivity contribution in [3.63, 3.8) is 0 Å². The SMILES string of the molecule is CCCCCNc1c(OC)ccc2c(CCCN3CCCCC3)c3[n+](cc12)CCc1cc2c(cc1-3)OCO2. The quantitative estimate of drug-likeness (QED) is 0.260. The topological polar surface area (TPSA) is 46.8 Å². The zero-order chi connectivity index (χ0) is 25.9. The number of benzene rings is 2. The molecule has 1 aromatic heterocycles. The van der Waals surface area contributed by atoms with Crippen LogP contribution < -0.4 is 24.1 Å². The number of aromatic nitrogens is 1. The van der Waals surface area contributed by atoms with Crippen LogP contribution in [0.3, 0.4) is 0 Å². The van der Waals surface area contributed by atoms with E-state index >= 15 is 0 Å². The molecule has 0 atom stereocenters. The van der Waals surface area contributed by atoms with Crippen LogP contribution in [0.5, 0.6) is 17.2 Å². The molecule has 1 N–H and O–H groups in total. The van der Waals surface area contributed by atoms with Crippen LogP contribution in [0.2, 0.25) is 0 Å². The number of hydrogen-bond donors (Lipinski definition) is 1. The molecular formula is C32H42N3O3+. The highest BCUT2D eigenvalue weighted by molar-refractivity contribution is 6.00. The van der Waals surface area contributed by atoms with Gasteiger partial charge in [0, 0.05) is 18.5 Å². The number of unbranched alkanes of at least 4 members (excludes halogenated alkanes) is 2. The van der Waals surface area contributed by atoms with Crippen molar-refractivity contribution in [1.82, 2.24) is 4.90 Å². The Hall–Kier alpha value is -2.99. The van der Waals surface area contributed by atoms with Crippen molar-refractivity contribution in [2.45, 2.75) is 71.3 Å². The molecule has 0 amide bonds. The normalized spacial score (nSPS) is 16.4. The van der Waals surface area contributed by atoms with Gasteiger partial charge in [-0.05, 0) is 87.0 Å². The lowest BCUT2D eigenvalue weighted by Gasteiger charge is -2.26. The molecule has 6 rings (SSSR count). The maximum atomic E-state index is 5.85. The Kier molecular flexibility index (Phi) is 7.59. The predicted octanol–water partition coefficient (Wildman–Crippen LogP) is 6.11. The van der Waals surface area contributed by atoms with E-state index in [2.05, 4.69) is 52.2 Å². The first kappa shape index (κ1) is 25.3. The predicted molar refractivity (Wildman–Crippen MR) is 153 cm³/mol. The lowest BCUT2D eigenvalue weighted by Crippen LogP contribution is -2.41. The molecule has 0 aliphatic carbocycles. The summed E-state index contributed by atoms with van der Waals surface area (Å²) in [5.74, 6) is 2.67. The molecule has 38 heavy (non-hydrogen) atoms. The fourth-order valence-corrected chi connectivity index (χ4v) is 6.52. The van der Waals surface area contributed by atoms with Crippen LogP contribution >= 0.6 is 0 Å². The van der Waals surface area contributed by atoms with Crippen LogP contribution in [0.25, 0.3) is 22.0 Å². The molecule has 0 saturated carbocycles. The van der Waals surface area contributed by atoms with E-state index in [1.165, 1.54) is 84.9 Å². The first-order valence-corrected chi connectivity index (χ1v) is 14.7. The Morgan fingerprint density at radius 3 is 2.66 bits per heavy atom. The van der Waals surface area contributed by atoms with Gasteiger partial charge in [-0.2, -0.15) is 4.57 Å². The summed E-state index contributed by atoms with van der Waals surface area (Å²) in [5, 5.41) is 6.35. The molecule has 3 aliphatic heterocycles. The molecule has 0 spiro atoms. The molecule has 4 heterocycles. The van der Waals surface area contributed by atoms with Crippen molar-refractivity contribution in [3.8, 4) is 28.5 Å². The second kappa shape index (κ2) is 11.4. The van der Waals surface area contributed by atoms with E-state index in [-0.39, 0.29) is 0 Å². The Balaban J connectivity index is 1.44. The van der Waals surface area contributed by atoms with E-state index < -0.39 is 0 Å². The summed E-state index contributed by atoms with van der Waals surface area (Å²) in [7, 11) is 1.78. The van der Waals surface area contributed by atoms with Crippen molar-refractivity contribution >= 4 is 16.5 Å². The molecule has 202 valence electrons. The van der Waals surface area contributed by atoms with Crippen LogP contribution in [-0.2, 0) is 19.4 Å². The van der Waals surface area contributed by atoms with Crippen LogP contribution in [0, 0.1) is 0 Å². The highest BCUT2D eigenvalue weighted by atomic mass is 16.7. The number of nitrogens with zero attached hydrogens (tertiary/aromatic N) is 2. The molecule has 3 aromatic rings. The zero-order valence-electron chi connectivity index (χ0n) is 23.1. The lowest BCUT2D eigenvalue weighted by atomic mass is 9.89. The number of fused-ring (bicyclic) bond motifs is 5. The number of aryl methyl sites for hydroxylation is 3. The zero-order valence-corrected chi connectivity index (χ0v) is 23.1. The average molecular weight is 517 g/mol. The molecule has 0 bridgehead atoms. The van der Waals surface area contributed by atoms with Crippen molar-refractivity contribution in [2.24, 2.45) is 0 Å². The minimum Gasteiger partial charge on any atom is -0.495 e. The summed E-state index contributed by atoms with van der Waals surface area (Å²) in [6.07, 6.45) is 13.2. The highest BCUT2D eigenvalue weighted by Gasteiger charge is 2.32. The van der Waals surface area contributed by atoms with E-state index in [4.69, 9.17) is 14.2 Å². The summed E-state index contributed by atoms with van der Waals surface area (Å²) in [4.78, 5) is 2.66. The van der Waals surface area contributed by atoms with Gasteiger partial charge in [0.15, 0.2) is 24.2 Å². The molecule has 2 aromatic carbocycles. The Morgan fingerprint density at radius 2 is 1.84 bits per heavy atom. The number of pyridine rings is 1. The number of rotatable bonds is 10. The number of piperidine rings is 1. The maximum absolute atomic E-state index is 5.85. The second-order valence-electron chi connectivity index (χ2n) is 11.0. The Morgan fingerprint density at radius 1 is 1.00 bits per heavy atom. The van der Waals surface area contributed by atoms with Gasteiger partial charge in [0.1, 0.15) is 5.75 Å². The third-order valence-electron chi connectivity index (χ3n) is 8.52. The van der Waals surface area contributed by atoms with Crippen molar-refractivity contribution < 1.29 is 18.8 Å². The number of anilines is 1. The lowest BCUT2D eigenvalue weighted by molar-refractivity contribution is -0.686. The Labute approximate surface area is 226 Å². The Bertz CT molecular complexity index is 1300. The largest absolute Gasteiger partial charge is 0.495 e. The van der Waals surface area contributed by atoms with Gasteiger partial charge in [-0.25, -0.2) is 0 Å². The third-order valence-corrected chi connectivity index (χ3v) is 8.52. The molecule has 1 fully saturated rings. The minimum atomic E-state index is 0.311. The third kappa shape index (κ3) is 4.91. The molecular weight excluding hydrogens is 474 g/mol.